The van der Waals surface area contributed by atoms with Crippen LogP contribution in [0.25, 0.3) is 11.0 Å². The summed E-state index contributed by atoms with van der Waals surface area (Å²) in [5.41, 5.74) is 5.52. The zero-order valence-corrected chi connectivity index (χ0v) is 15.5. The number of carbonyl (C=O) groups is 1. The Labute approximate surface area is 153 Å². The minimum absolute atomic E-state index is 0.0279. The number of nitrogens with two attached hydrogens (primary N) is 1. The Balaban J connectivity index is 2.39. The molecular weight excluding hydrogens is 442 g/mol. The predicted molar refractivity (Wildman–Crippen MR) is 93.4 cm³/mol. The number of carboxylic acid groups (broad SMARTS) is 1. The van der Waals surface area contributed by atoms with E-state index in [2.05, 4.69) is 24.7 Å². The maximum Gasteiger partial charge on any atom is 0.337 e. The number of hydrogen-bond donors (Lipinski definition) is 2. The molecule has 0 saturated heterocycles. The number of halogens is 2. The van der Waals surface area contributed by atoms with Crippen LogP contribution in [0.3, 0.4) is 0 Å². The zero-order valence-electron chi connectivity index (χ0n) is 11.5. The summed E-state index contributed by atoms with van der Waals surface area (Å²) in [5.74, 6) is -1.45. The highest BCUT2D eigenvalue weighted by Crippen LogP contribution is 2.36. The highest BCUT2D eigenvalue weighted by molar-refractivity contribution is 9.10. The molecule has 0 unspecified atom stereocenters. The number of aromatic nitrogens is 2. The van der Waals surface area contributed by atoms with E-state index in [9.17, 15) is 18.3 Å². The van der Waals surface area contributed by atoms with Crippen LogP contribution in [-0.4, -0.2) is 28.2 Å². The largest absolute Gasteiger partial charge is 0.478 e. The van der Waals surface area contributed by atoms with Gasteiger partial charge in [0.05, 0.1) is 23.0 Å². The second kappa shape index (κ2) is 5.96. The lowest BCUT2D eigenvalue weighted by Gasteiger charge is -2.12. The van der Waals surface area contributed by atoms with E-state index in [1.807, 2.05) is 0 Å². The van der Waals surface area contributed by atoms with Crippen molar-refractivity contribution in [3.63, 3.8) is 0 Å². The first kappa shape index (κ1) is 17.1. The zero-order chi connectivity index (χ0) is 17.6. The summed E-state index contributed by atoms with van der Waals surface area (Å²) < 4.78 is 34.7. The maximum atomic E-state index is 13.0. The topological polar surface area (TPSA) is 123 Å². The van der Waals surface area contributed by atoms with E-state index in [1.54, 1.807) is 0 Å². The van der Waals surface area contributed by atoms with Crippen molar-refractivity contribution >= 4 is 71.8 Å². The molecule has 3 aromatic rings. The van der Waals surface area contributed by atoms with Crippen molar-refractivity contribution in [1.82, 2.24) is 8.75 Å². The summed E-state index contributed by atoms with van der Waals surface area (Å²) in [5, 5.41) is 9.36. The molecule has 1 heterocycles. The lowest BCUT2D eigenvalue weighted by molar-refractivity contribution is 0.0692. The van der Waals surface area contributed by atoms with Gasteiger partial charge in [-0.15, -0.1) is 0 Å². The molecule has 0 aliphatic rings. The summed E-state index contributed by atoms with van der Waals surface area (Å²) >= 11 is 9.91. The third kappa shape index (κ3) is 2.65. The van der Waals surface area contributed by atoms with Crippen LogP contribution in [-0.2, 0) is 9.84 Å². The second-order valence-electron chi connectivity index (χ2n) is 4.69. The lowest BCUT2D eigenvalue weighted by atomic mass is 10.2. The van der Waals surface area contributed by atoms with Gasteiger partial charge in [0.2, 0.25) is 9.84 Å². The number of carboxylic acids is 1. The summed E-state index contributed by atoms with van der Waals surface area (Å²) in [6, 6.07) is 5.06. The number of nitrogen functional groups attached to an aromatic ring is 1. The van der Waals surface area contributed by atoms with Gasteiger partial charge in [0.25, 0.3) is 0 Å². The molecule has 3 N–H and O–H groups in total. The molecule has 1 aromatic heterocycles. The van der Waals surface area contributed by atoms with Gasteiger partial charge in [-0.2, -0.15) is 8.75 Å². The Morgan fingerprint density at radius 3 is 2.58 bits per heavy atom. The summed E-state index contributed by atoms with van der Waals surface area (Å²) in [7, 11) is -4.26. The van der Waals surface area contributed by atoms with Crippen LogP contribution >= 0.6 is 39.3 Å². The summed E-state index contributed by atoms with van der Waals surface area (Å²) in [6.45, 7) is 0. The smallest absolute Gasteiger partial charge is 0.337 e. The molecule has 24 heavy (non-hydrogen) atoms. The molecule has 11 heteroatoms. The van der Waals surface area contributed by atoms with Crippen LogP contribution < -0.4 is 5.73 Å². The standard InChI is InChI=1S/C13H7BrClN3O4S2/c14-7-1-2-9(11-10(7)17-23-18-11)24(21,22)12-6(13(19)20)3-5(15)4-8(12)16/h1-4H,16H2,(H,19,20). The number of sulfone groups is 1. The minimum Gasteiger partial charge on any atom is -0.478 e. The Hall–Kier alpha value is -1.75. The van der Waals surface area contributed by atoms with Crippen molar-refractivity contribution in [2.75, 3.05) is 5.73 Å². The summed E-state index contributed by atoms with van der Waals surface area (Å²) in [4.78, 5) is 10.8. The number of nitrogens with zero attached hydrogens (tertiary/aromatic N) is 2. The van der Waals surface area contributed by atoms with Crippen molar-refractivity contribution in [2.45, 2.75) is 9.79 Å². The van der Waals surface area contributed by atoms with Gasteiger partial charge in [-0.3, -0.25) is 0 Å². The van der Waals surface area contributed by atoms with Crippen LogP contribution in [0.1, 0.15) is 10.4 Å². The fourth-order valence-corrected chi connectivity index (χ4v) is 5.27. The van der Waals surface area contributed by atoms with Crippen LogP contribution in [0.4, 0.5) is 5.69 Å². The Bertz CT molecular complexity index is 1100. The third-order valence-electron chi connectivity index (χ3n) is 3.20. The molecule has 0 bridgehead atoms. The molecular formula is C13H7BrClN3O4S2. The van der Waals surface area contributed by atoms with E-state index in [0.29, 0.717) is 9.99 Å². The number of fused-ring (bicyclic) bond motifs is 1. The summed E-state index contributed by atoms with van der Waals surface area (Å²) in [6.07, 6.45) is 0. The molecule has 0 atom stereocenters. The van der Waals surface area contributed by atoms with Crippen molar-refractivity contribution < 1.29 is 18.3 Å². The normalized spacial score (nSPS) is 11.8. The van der Waals surface area contributed by atoms with Crippen LogP contribution in [0.5, 0.6) is 0 Å². The lowest BCUT2D eigenvalue weighted by Crippen LogP contribution is -2.13. The monoisotopic (exact) mass is 447 g/mol. The van der Waals surface area contributed by atoms with Crippen LogP contribution in [0.15, 0.2) is 38.5 Å². The van der Waals surface area contributed by atoms with Crippen molar-refractivity contribution in [1.29, 1.82) is 0 Å². The first-order valence-corrected chi connectivity index (χ1v) is 9.60. The van der Waals surface area contributed by atoms with Crippen molar-refractivity contribution in [2.24, 2.45) is 0 Å². The Morgan fingerprint density at radius 2 is 1.92 bits per heavy atom. The van der Waals surface area contributed by atoms with Gasteiger partial charge in [0.15, 0.2) is 0 Å². The van der Waals surface area contributed by atoms with E-state index < -0.39 is 26.3 Å². The number of anilines is 1. The molecule has 124 valence electrons. The number of benzene rings is 2. The van der Waals surface area contributed by atoms with Crippen LogP contribution in [0.2, 0.25) is 5.02 Å². The average Bonchev–Trinajstić information content (AvgIpc) is 2.96. The quantitative estimate of drug-likeness (QED) is 0.590. The number of rotatable bonds is 3. The number of aromatic carboxylic acids is 1. The SMILES string of the molecule is Nc1cc(Cl)cc(C(=O)O)c1S(=O)(=O)c1ccc(Br)c2nsnc12. The van der Waals surface area contributed by atoms with E-state index in [4.69, 9.17) is 17.3 Å². The molecule has 0 fully saturated rings. The van der Waals surface area contributed by atoms with Crippen molar-refractivity contribution in [3.05, 3.63) is 39.3 Å². The van der Waals surface area contributed by atoms with Crippen LogP contribution in [0, 0.1) is 0 Å². The first-order valence-electron chi connectivity index (χ1n) is 6.21. The molecule has 0 aliphatic heterocycles. The van der Waals surface area contributed by atoms with Gasteiger partial charge >= 0.3 is 5.97 Å². The fraction of sp³-hybridized carbons (Fsp3) is 0. The first-order chi connectivity index (χ1) is 11.2. The maximum absolute atomic E-state index is 13.0. The molecule has 2 aromatic carbocycles. The Kier molecular flexibility index (Phi) is 4.24. The third-order valence-corrected chi connectivity index (χ3v) is 6.49. The molecule has 0 radical (unpaired) electrons. The second-order valence-corrected chi connectivity index (χ2v) is 8.36. The van der Waals surface area contributed by atoms with Gasteiger partial charge in [-0.25, -0.2) is 13.2 Å². The van der Waals surface area contributed by atoms with E-state index in [-0.39, 0.29) is 21.1 Å². The van der Waals surface area contributed by atoms with Gasteiger partial charge < -0.3 is 10.8 Å². The van der Waals surface area contributed by atoms with E-state index in [0.717, 1.165) is 17.8 Å². The Morgan fingerprint density at radius 1 is 1.25 bits per heavy atom. The number of hydrogen-bond acceptors (Lipinski definition) is 7. The van der Waals surface area contributed by atoms with E-state index in [1.165, 1.54) is 18.2 Å². The molecule has 0 amide bonds. The molecule has 0 saturated carbocycles. The van der Waals surface area contributed by atoms with Gasteiger partial charge in [0, 0.05) is 9.50 Å². The highest BCUT2D eigenvalue weighted by atomic mass is 79.9. The molecule has 7 nitrogen and oxygen atoms in total. The highest BCUT2D eigenvalue weighted by Gasteiger charge is 2.30. The van der Waals surface area contributed by atoms with Crippen molar-refractivity contribution in [3.8, 4) is 0 Å². The molecule has 0 spiro atoms. The average molecular weight is 449 g/mol. The van der Waals surface area contributed by atoms with Gasteiger partial charge in [-0.05, 0) is 40.2 Å². The van der Waals surface area contributed by atoms with Gasteiger partial charge in [0.1, 0.15) is 20.8 Å². The molecule has 3 rings (SSSR count). The minimum atomic E-state index is -4.26. The molecule has 0 aliphatic carbocycles. The van der Waals surface area contributed by atoms with Gasteiger partial charge in [-0.1, -0.05) is 11.6 Å². The van der Waals surface area contributed by atoms with E-state index >= 15 is 0 Å². The fourth-order valence-electron chi connectivity index (χ4n) is 2.21. The predicted octanol–water partition coefficient (Wildman–Crippen LogP) is 3.22.